The molecule has 1 aromatic heterocycles. The SMILES string of the molecule is CN(c1nc(N)c(F)cc1F)C1CCS(=O)(=O)C1. The Morgan fingerprint density at radius 2 is 2.11 bits per heavy atom. The van der Waals surface area contributed by atoms with Gasteiger partial charge in [-0.3, -0.25) is 0 Å². The third-order valence-corrected chi connectivity index (χ3v) is 4.78. The molecular formula is C10H13F2N3O2S. The molecule has 1 atom stereocenters. The van der Waals surface area contributed by atoms with Crippen LogP contribution in [0.25, 0.3) is 0 Å². The average molecular weight is 277 g/mol. The van der Waals surface area contributed by atoms with Gasteiger partial charge >= 0.3 is 0 Å². The van der Waals surface area contributed by atoms with E-state index in [9.17, 15) is 17.2 Å². The molecule has 0 amide bonds. The smallest absolute Gasteiger partial charge is 0.168 e. The Bertz CT molecular complexity index is 577. The Balaban J connectivity index is 2.30. The van der Waals surface area contributed by atoms with Gasteiger partial charge in [0, 0.05) is 19.2 Å². The molecule has 1 unspecified atom stereocenters. The van der Waals surface area contributed by atoms with Crippen molar-refractivity contribution in [3.8, 4) is 0 Å². The largest absolute Gasteiger partial charge is 0.381 e. The summed E-state index contributed by atoms with van der Waals surface area (Å²) in [7, 11) is -1.55. The van der Waals surface area contributed by atoms with Crippen molar-refractivity contribution >= 4 is 21.5 Å². The van der Waals surface area contributed by atoms with E-state index in [4.69, 9.17) is 5.73 Å². The summed E-state index contributed by atoms with van der Waals surface area (Å²) in [5, 5.41) is 0. The maximum atomic E-state index is 13.6. The summed E-state index contributed by atoms with van der Waals surface area (Å²) >= 11 is 0. The van der Waals surface area contributed by atoms with E-state index in [0.29, 0.717) is 12.5 Å². The molecule has 5 nitrogen and oxygen atoms in total. The fourth-order valence-corrected chi connectivity index (χ4v) is 3.75. The number of pyridine rings is 1. The monoisotopic (exact) mass is 277 g/mol. The first kappa shape index (κ1) is 13.0. The van der Waals surface area contributed by atoms with Crippen LogP contribution in [0.15, 0.2) is 6.07 Å². The Kier molecular flexibility index (Phi) is 3.14. The molecule has 0 radical (unpaired) electrons. The third-order valence-electron chi connectivity index (χ3n) is 3.03. The number of hydrogen-bond donors (Lipinski definition) is 1. The van der Waals surface area contributed by atoms with Crippen LogP contribution in [0.2, 0.25) is 0 Å². The number of aromatic nitrogens is 1. The zero-order valence-electron chi connectivity index (χ0n) is 9.73. The highest BCUT2D eigenvalue weighted by molar-refractivity contribution is 7.91. The molecular weight excluding hydrogens is 264 g/mol. The van der Waals surface area contributed by atoms with E-state index < -0.39 is 27.3 Å². The topological polar surface area (TPSA) is 76.3 Å². The molecule has 1 aromatic rings. The van der Waals surface area contributed by atoms with Crippen molar-refractivity contribution in [3.63, 3.8) is 0 Å². The van der Waals surface area contributed by atoms with Gasteiger partial charge in [0.1, 0.15) is 0 Å². The molecule has 1 aliphatic heterocycles. The molecule has 2 N–H and O–H groups in total. The number of nitrogens with two attached hydrogens (primary N) is 1. The molecule has 1 fully saturated rings. The number of rotatable bonds is 2. The number of nitrogens with zero attached hydrogens (tertiary/aromatic N) is 2. The second-order valence-electron chi connectivity index (χ2n) is 4.33. The van der Waals surface area contributed by atoms with Gasteiger partial charge in [0.25, 0.3) is 0 Å². The van der Waals surface area contributed by atoms with Crippen molar-refractivity contribution in [2.45, 2.75) is 12.5 Å². The fourth-order valence-electron chi connectivity index (χ4n) is 1.97. The molecule has 0 saturated carbocycles. The van der Waals surface area contributed by atoms with Crippen molar-refractivity contribution in [1.82, 2.24) is 4.98 Å². The van der Waals surface area contributed by atoms with Gasteiger partial charge < -0.3 is 10.6 Å². The summed E-state index contributed by atoms with van der Waals surface area (Å²) < 4.78 is 49.3. The first-order valence-corrected chi connectivity index (χ1v) is 7.17. The first-order valence-electron chi connectivity index (χ1n) is 5.35. The second kappa shape index (κ2) is 4.34. The minimum absolute atomic E-state index is 0.0537. The van der Waals surface area contributed by atoms with Crippen LogP contribution >= 0.6 is 0 Å². The molecule has 0 spiro atoms. The lowest BCUT2D eigenvalue weighted by Gasteiger charge is -2.25. The summed E-state index contributed by atoms with van der Waals surface area (Å²) in [5.74, 6) is -2.30. The van der Waals surface area contributed by atoms with Crippen LogP contribution < -0.4 is 10.6 Å². The van der Waals surface area contributed by atoms with E-state index in [-0.39, 0.29) is 23.4 Å². The fraction of sp³-hybridized carbons (Fsp3) is 0.500. The molecule has 18 heavy (non-hydrogen) atoms. The quantitative estimate of drug-likeness (QED) is 0.855. The highest BCUT2D eigenvalue weighted by atomic mass is 32.2. The van der Waals surface area contributed by atoms with Crippen molar-refractivity contribution in [1.29, 1.82) is 0 Å². The Hall–Kier alpha value is -1.44. The number of anilines is 2. The van der Waals surface area contributed by atoms with Crippen LogP contribution in [-0.2, 0) is 9.84 Å². The Labute approximate surface area is 104 Å². The zero-order valence-corrected chi connectivity index (χ0v) is 10.5. The van der Waals surface area contributed by atoms with Crippen LogP contribution in [0.4, 0.5) is 20.4 Å². The standard InChI is InChI=1S/C10H13F2N3O2S/c1-15(6-2-3-18(16,17)5-6)10-8(12)4-7(11)9(13)14-10/h4,6H,2-3,5H2,1H3,(H2,13,14). The zero-order chi connectivity index (χ0) is 13.5. The van der Waals surface area contributed by atoms with Crippen molar-refractivity contribution in [2.24, 2.45) is 0 Å². The van der Waals surface area contributed by atoms with Gasteiger partial charge in [-0.25, -0.2) is 22.2 Å². The summed E-state index contributed by atoms with van der Waals surface area (Å²) in [6.45, 7) is 0. The van der Waals surface area contributed by atoms with E-state index in [1.54, 1.807) is 0 Å². The van der Waals surface area contributed by atoms with Gasteiger partial charge in [0.15, 0.2) is 33.1 Å². The van der Waals surface area contributed by atoms with Gasteiger partial charge in [-0.2, -0.15) is 0 Å². The van der Waals surface area contributed by atoms with Crippen LogP contribution in [0.5, 0.6) is 0 Å². The molecule has 0 bridgehead atoms. The lowest BCUT2D eigenvalue weighted by atomic mass is 10.2. The van der Waals surface area contributed by atoms with E-state index in [0.717, 1.165) is 0 Å². The number of halogens is 2. The molecule has 1 saturated heterocycles. The van der Waals surface area contributed by atoms with Crippen molar-refractivity contribution in [2.75, 3.05) is 29.2 Å². The normalized spacial score (nSPS) is 22.1. The minimum Gasteiger partial charge on any atom is -0.381 e. The van der Waals surface area contributed by atoms with Crippen LogP contribution in [-0.4, -0.2) is 38.0 Å². The molecule has 0 aromatic carbocycles. The van der Waals surface area contributed by atoms with Gasteiger partial charge in [-0.1, -0.05) is 0 Å². The first-order chi connectivity index (χ1) is 8.30. The predicted molar refractivity (Wildman–Crippen MR) is 64.0 cm³/mol. The Morgan fingerprint density at radius 3 is 2.67 bits per heavy atom. The maximum absolute atomic E-state index is 13.6. The summed E-state index contributed by atoms with van der Waals surface area (Å²) in [6, 6.07) is 0.291. The number of sulfone groups is 1. The van der Waals surface area contributed by atoms with Gasteiger partial charge in [-0.05, 0) is 6.42 Å². The minimum atomic E-state index is -3.08. The van der Waals surface area contributed by atoms with Crippen LogP contribution in [0, 0.1) is 11.6 Å². The average Bonchev–Trinajstić information content (AvgIpc) is 2.63. The summed E-state index contributed by atoms with van der Waals surface area (Å²) in [5.41, 5.74) is 5.28. The highest BCUT2D eigenvalue weighted by Crippen LogP contribution is 2.25. The van der Waals surface area contributed by atoms with Crippen molar-refractivity contribution in [3.05, 3.63) is 17.7 Å². The van der Waals surface area contributed by atoms with Crippen LogP contribution in [0.1, 0.15) is 6.42 Å². The van der Waals surface area contributed by atoms with E-state index >= 15 is 0 Å². The van der Waals surface area contributed by atoms with Gasteiger partial charge in [0.05, 0.1) is 11.5 Å². The second-order valence-corrected chi connectivity index (χ2v) is 6.56. The molecule has 2 rings (SSSR count). The lowest BCUT2D eigenvalue weighted by Crippen LogP contribution is -2.34. The van der Waals surface area contributed by atoms with E-state index in [1.165, 1.54) is 11.9 Å². The van der Waals surface area contributed by atoms with E-state index in [1.807, 2.05) is 0 Å². The predicted octanol–water partition coefficient (Wildman–Crippen LogP) is 0.565. The lowest BCUT2D eigenvalue weighted by molar-refractivity contribution is 0.565. The van der Waals surface area contributed by atoms with Gasteiger partial charge in [0.2, 0.25) is 0 Å². The Morgan fingerprint density at radius 1 is 1.44 bits per heavy atom. The highest BCUT2D eigenvalue weighted by Gasteiger charge is 2.32. The maximum Gasteiger partial charge on any atom is 0.168 e. The molecule has 100 valence electrons. The third kappa shape index (κ3) is 2.38. The van der Waals surface area contributed by atoms with Gasteiger partial charge in [-0.15, -0.1) is 0 Å². The molecule has 8 heteroatoms. The summed E-state index contributed by atoms with van der Waals surface area (Å²) in [6.07, 6.45) is 0.400. The number of hydrogen-bond acceptors (Lipinski definition) is 5. The molecule has 0 aliphatic carbocycles. The molecule has 2 heterocycles. The molecule has 1 aliphatic rings. The van der Waals surface area contributed by atoms with E-state index in [2.05, 4.69) is 4.98 Å². The summed E-state index contributed by atoms with van der Waals surface area (Å²) in [4.78, 5) is 5.02. The van der Waals surface area contributed by atoms with Crippen LogP contribution in [0.3, 0.4) is 0 Å². The number of nitrogen functional groups attached to an aromatic ring is 1. The van der Waals surface area contributed by atoms with Crippen molar-refractivity contribution < 1.29 is 17.2 Å².